The largest absolute Gasteiger partial charge is 0.480 e. The van der Waals surface area contributed by atoms with Crippen LogP contribution >= 0.6 is 0 Å². The summed E-state index contributed by atoms with van der Waals surface area (Å²) in [6, 6.07) is -0.526. The Morgan fingerprint density at radius 2 is 1.90 bits per heavy atom. The van der Waals surface area contributed by atoms with Gasteiger partial charge in [0.05, 0.1) is 7.11 Å². The normalized spacial score (nSPS) is 16.5. The molecule has 0 atom stereocenters. The van der Waals surface area contributed by atoms with E-state index in [9.17, 15) is 19.5 Å². The van der Waals surface area contributed by atoms with Crippen LogP contribution in [0.25, 0.3) is 0 Å². The average Bonchev–Trinajstić information content (AvgIpc) is 2.87. The number of aliphatic carboxylic acids is 1. The second-order valence-electron chi connectivity index (χ2n) is 5.02. The van der Waals surface area contributed by atoms with Crippen LogP contribution in [-0.2, 0) is 14.3 Å². The van der Waals surface area contributed by atoms with Crippen molar-refractivity contribution < 1.29 is 24.2 Å². The Hall–Kier alpha value is -1.79. The maximum atomic E-state index is 12.2. The molecule has 0 heterocycles. The van der Waals surface area contributed by atoms with E-state index in [-0.39, 0.29) is 6.54 Å². The second-order valence-corrected chi connectivity index (χ2v) is 5.02. The zero-order valence-corrected chi connectivity index (χ0v) is 12.0. The fourth-order valence-electron chi connectivity index (χ4n) is 2.40. The number of carboxylic acids is 1. The van der Waals surface area contributed by atoms with Crippen LogP contribution in [0.5, 0.6) is 0 Å². The molecule has 114 valence electrons. The molecule has 2 N–H and O–H groups in total. The quantitative estimate of drug-likeness (QED) is 0.709. The van der Waals surface area contributed by atoms with Crippen molar-refractivity contribution in [3.8, 4) is 0 Å². The van der Waals surface area contributed by atoms with Crippen molar-refractivity contribution in [2.45, 2.75) is 44.6 Å². The van der Waals surface area contributed by atoms with Gasteiger partial charge in [-0.3, -0.25) is 4.79 Å². The monoisotopic (exact) mass is 286 g/mol. The molecular formula is C13H22N2O5. The Kier molecular flexibility index (Phi) is 5.79. The number of methoxy groups -OCH3 is 1. The first-order valence-electron chi connectivity index (χ1n) is 6.82. The number of hydrogen-bond donors (Lipinski definition) is 2. The minimum atomic E-state index is -1.20. The highest BCUT2D eigenvalue weighted by molar-refractivity contribution is 5.88. The molecule has 0 radical (unpaired) electrons. The Balaban J connectivity index is 2.73. The predicted octanol–water partition coefficient (Wildman–Crippen LogP) is 0.978. The molecule has 0 aliphatic heterocycles. The number of esters is 1. The highest BCUT2D eigenvalue weighted by atomic mass is 16.5. The maximum absolute atomic E-state index is 12.2. The Morgan fingerprint density at radius 1 is 1.30 bits per heavy atom. The molecule has 1 rings (SSSR count). The summed E-state index contributed by atoms with van der Waals surface area (Å²) in [7, 11) is 1.25. The third kappa shape index (κ3) is 3.85. The number of nitrogens with one attached hydrogen (secondary N) is 1. The van der Waals surface area contributed by atoms with Gasteiger partial charge in [0, 0.05) is 6.54 Å². The van der Waals surface area contributed by atoms with E-state index in [0.29, 0.717) is 25.8 Å². The molecule has 1 saturated carbocycles. The van der Waals surface area contributed by atoms with Gasteiger partial charge in [0.2, 0.25) is 0 Å². The molecule has 0 bridgehead atoms. The van der Waals surface area contributed by atoms with E-state index in [2.05, 4.69) is 10.1 Å². The highest BCUT2D eigenvalue weighted by Crippen LogP contribution is 2.30. The van der Waals surface area contributed by atoms with E-state index in [1.54, 1.807) is 0 Å². The van der Waals surface area contributed by atoms with Crippen molar-refractivity contribution in [2.75, 3.05) is 20.2 Å². The zero-order valence-electron chi connectivity index (χ0n) is 12.0. The van der Waals surface area contributed by atoms with Gasteiger partial charge in [-0.2, -0.15) is 0 Å². The summed E-state index contributed by atoms with van der Waals surface area (Å²) < 4.78 is 4.54. The van der Waals surface area contributed by atoms with Crippen molar-refractivity contribution in [1.82, 2.24) is 10.2 Å². The first-order chi connectivity index (χ1) is 9.45. The number of rotatable bonds is 6. The highest BCUT2D eigenvalue weighted by Gasteiger charge is 2.43. The average molecular weight is 286 g/mol. The van der Waals surface area contributed by atoms with Crippen molar-refractivity contribution >= 4 is 18.0 Å². The topological polar surface area (TPSA) is 95.9 Å². The molecule has 1 aliphatic carbocycles. The number of carbonyl (C=O) groups is 3. The number of urea groups is 1. The fourth-order valence-corrected chi connectivity index (χ4v) is 2.40. The van der Waals surface area contributed by atoms with Gasteiger partial charge in [-0.05, 0) is 19.3 Å². The predicted molar refractivity (Wildman–Crippen MR) is 71.2 cm³/mol. The van der Waals surface area contributed by atoms with Crippen LogP contribution in [-0.4, -0.2) is 53.7 Å². The van der Waals surface area contributed by atoms with Crippen LogP contribution in [0.15, 0.2) is 0 Å². The maximum Gasteiger partial charge on any atom is 0.329 e. The van der Waals surface area contributed by atoms with E-state index in [0.717, 1.165) is 12.8 Å². The lowest BCUT2D eigenvalue weighted by Gasteiger charge is -2.29. The lowest BCUT2D eigenvalue weighted by atomic mass is 9.98. The van der Waals surface area contributed by atoms with Crippen LogP contribution in [0, 0.1) is 0 Å². The number of amides is 2. The third-order valence-electron chi connectivity index (χ3n) is 3.54. The minimum absolute atomic E-state index is 0.175. The molecule has 7 nitrogen and oxygen atoms in total. The van der Waals surface area contributed by atoms with Gasteiger partial charge in [0.15, 0.2) is 0 Å². The molecule has 20 heavy (non-hydrogen) atoms. The third-order valence-corrected chi connectivity index (χ3v) is 3.54. The molecule has 1 fully saturated rings. The van der Waals surface area contributed by atoms with E-state index < -0.39 is 23.5 Å². The van der Waals surface area contributed by atoms with Crippen molar-refractivity contribution in [3.63, 3.8) is 0 Å². The Morgan fingerprint density at radius 3 is 2.35 bits per heavy atom. The lowest BCUT2D eigenvalue weighted by Crippen LogP contribution is -2.57. The van der Waals surface area contributed by atoms with Crippen LogP contribution in [0.1, 0.15) is 39.0 Å². The van der Waals surface area contributed by atoms with Gasteiger partial charge in [-0.25, -0.2) is 9.59 Å². The molecule has 7 heteroatoms. The summed E-state index contributed by atoms with van der Waals surface area (Å²) in [4.78, 5) is 36.2. The van der Waals surface area contributed by atoms with E-state index >= 15 is 0 Å². The summed E-state index contributed by atoms with van der Waals surface area (Å²) >= 11 is 0. The summed E-state index contributed by atoms with van der Waals surface area (Å²) in [5.41, 5.74) is -1.20. The van der Waals surface area contributed by atoms with Gasteiger partial charge >= 0.3 is 18.0 Å². The zero-order chi connectivity index (χ0) is 15.2. The molecular weight excluding hydrogens is 264 g/mol. The van der Waals surface area contributed by atoms with Crippen molar-refractivity contribution in [3.05, 3.63) is 0 Å². The van der Waals surface area contributed by atoms with E-state index in [4.69, 9.17) is 0 Å². The number of nitrogens with zero attached hydrogens (tertiary/aromatic N) is 1. The van der Waals surface area contributed by atoms with Gasteiger partial charge < -0.3 is 20.1 Å². The molecule has 0 saturated heterocycles. The lowest BCUT2D eigenvalue weighted by molar-refractivity contribution is -0.144. The molecule has 0 spiro atoms. The van der Waals surface area contributed by atoms with E-state index in [1.807, 2.05) is 6.92 Å². The van der Waals surface area contributed by atoms with Gasteiger partial charge in [-0.15, -0.1) is 0 Å². The fraction of sp³-hybridized carbons (Fsp3) is 0.769. The van der Waals surface area contributed by atoms with Crippen LogP contribution in [0.3, 0.4) is 0 Å². The molecule has 0 unspecified atom stereocenters. The van der Waals surface area contributed by atoms with Crippen LogP contribution in [0.4, 0.5) is 4.79 Å². The number of ether oxygens (including phenoxy) is 1. The van der Waals surface area contributed by atoms with Gasteiger partial charge in [0.25, 0.3) is 0 Å². The molecule has 0 aromatic rings. The first-order valence-corrected chi connectivity index (χ1v) is 6.82. The molecule has 2 amide bonds. The summed E-state index contributed by atoms with van der Waals surface area (Å²) in [6.45, 7) is 2.07. The Labute approximate surface area is 118 Å². The summed E-state index contributed by atoms with van der Waals surface area (Å²) in [6.07, 6.45) is 3.07. The Bertz CT molecular complexity index is 377. The molecule has 0 aromatic heterocycles. The van der Waals surface area contributed by atoms with Gasteiger partial charge in [0.1, 0.15) is 12.1 Å². The van der Waals surface area contributed by atoms with Crippen LogP contribution in [0.2, 0.25) is 0 Å². The van der Waals surface area contributed by atoms with Gasteiger partial charge in [-0.1, -0.05) is 19.8 Å². The SMILES string of the molecule is CCCN(CC(=O)OC)C(=O)NC1(C(=O)O)CCCC1. The van der Waals surface area contributed by atoms with Crippen molar-refractivity contribution in [2.24, 2.45) is 0 Å². The minimum Gasteiger partial charge on any atom is -0.480 e. The summed E-state index contributed by atoms with van der Waals surface area (Å²) in [5.74, 6) is -1.54. The van der Waals surface area contributed by atoms with Crippen molar-refractivity contribution in [1.29, 1.82) is 0 Å². The first kappa shape index (κ1) is 16.3. The molecule has 1 aliphatic rings. The number of carbonyl (C=O) groups excluding carboxylic acids is 2. The van der Waals surface area contributed by atoms with E-state index in [1.165, 1.54) is 12.0 Å². The number of carboxylic acid groups (broad SMARTS) is 1. The smallest absolute Gasteiger partial charge is 0.329 e. The molecule has 0 aromatic carbocycles. The summed E-state index contributed by atoms with van der Waals surface area (Å²) in [5, 5.41) is 11.9. The standard InChI is InChI=1S/C13H22N2O5/c1-3-8-15(9-10(16)20-2)12(19)14-13(11(17)18)6-4-5-7-13/h3-9H2,1-2H3,(H,14,19)(H,17,18). The second kappa shape index (κ2) is 7.12. The van der Waals surface area contributed by atoms with Crippen LogP contribution < -0.4 is 5.32 Å². The number of hydrogen-bond acceptors (Lipinski definition) is 4.